The Hall–Kier alpha value is -2.99. The Bertz CT molecular complexity index is 750. The SMILES string of the molecule is [N-]=[N+]=NCCCNC(=O)c1ccc(CCC(=O)C2CC(=O)CC(=O)C2)cc1. The van der Waals surface area contributed by atoms with Crippen LogP contribution < -0.4 is 5.32 Å². The Balaban J connectivity index is 1.78. The Kier molecular flexibility index (Phi) is 7.70. The number of azide groups is 1. The third-order valence-corrected chi connectivity index (χ3v) is 4.46. The highest BCUT2D eigenvalue weighted by Gasteiger charge is 2.29. The predicted octanol–water partition coefficient (Wildman–Crippen LogP) is 2.56. The molecule has 27 heavy (non-hydrogen) atoms. The van der Waals surface area contributed by atoms with E-state index in [1.54, 1.807) is 24.3 Å². The van der Waals surface area contributed by atoms with Gasteiger partial charge in [0, 0.05) is 48.7 Å². The summed E-state index contributed by atoms with van der Waals surface area (Å²) in [7, 11) is 0. The van der Waals surface area contributed by atoms with E-state index in [4.69, 9.17) is 5.53 Å². The van der Waals surface area contributed by atoms with Gasteiger partial charge in [-0.3, -0.25) is 19.2 Å². The van der Waals surface area contributed by atoms with Crippen LogP contribution in [0.5, 0.6) is 0 Å². The molecule has 0 aliphatic heterocycles. The number of amides is 1. The first-order chi connectivity index (χ1) is 13.0. The molecule has 0 radical (unpaired) electrons. The summed E-state index contributed by atoms with van der Waals surface area (Å²) >= 11 is 0. The minimum absolute atomic E-state index is 0.0428. The maximum absolute atomic E-state index is 12.2. The molecular weight excluding hydrogens is 348 g/mol. The zero-order valence-electron chi connectivity index (χ0n) is 15.0. The molecule has 0 aromatic heterocycles. The van der Waals surface area contributed by atoms with E-state index < -0.39 is 5.92 Å². The van der Waals surface area contributed by atoms with Gasteiger partial charge in [-0.25, -0.2) is 0 Å². The van der Waals surface area contributed by atoms with Crippen molar-refractivity contribution in [3.63, 3.8) is 0 Å². The molecule has 2 rings (SSSR count). The summed E-state index contributed by atoms with van der Waals surface area (Å²) in [6.45, 7) is 0.759. The minimum Gasteiger partial charge on any atom is -0.352 e. The lowest BCUT2D eigenvalue weighted by Crippen LogP contribution is -2.28. The maximum Gasteiger partial charge on any atom is 0.251 e. The van der Waals surface area contributed by atoms with Crippen molar-refractivity contribution in [2.24, 2.45) is 11.0 Å². The molecule has 1 amide bonds. The van der Waals surface area contributed by atoms with Crippen LogP contribution in [0.15, 0.2) is 29.4 Å². The first kappa shape index (κ1) is 20.3. The lowest BCUT2D eigenvalue weighted by molar-refractivity contribution is -0.137. The quantitative estimate of drug-likeness (QED) is 0.235. The van der Waals surface area contributed by atoms with Crippen molar-refractivity contribution in [1.29, 1.82) is 0 Å². The lowest BCUT2D eigenvalue weighted by Gasteiger charge is -2.18. The average Bonchev–Trinajstić information content (AvgIpc) is 2.65. The lowest BCUT2D eigenvalue weighted by atomic mass is 9.83. The maximum atomic E-state index is 12.2. The number of nitrogens with one attached hydrogen (secondary N) is 1. The Morgan fingerprint density at radius 2 is 1.81 bits per heavy atom. The van der Waals surface area contributed by atoms with Gasteiger partial charge in [0.2, 0.25) is 0 Å². The molecule has 0 saturated heterocycles. The van der Waals surface area contributed by atoms with Crippen LogP contribution in [0.2, 0.25) is 0 Å². The highest BCUT2D eigenvalue weighted by Crippen LogP contribution is 2.21. The monoisotopic (exact) mass is 370 g/mol. The van der Waals surface area contributed by atoms with Gasteiger partial charge < -0.3 is 5.32 Å². The van der Waals surface area contributed by atoms with Crippen LogP contribution in [-0.2, 0) is 20.8 Å². The second-order valence-electron chi connectivity index (χ2n) is 6.59. The molecule has 142 valence electrons. The summed E-state index contributed by atoms with van der Waals surface area (Å²) < 4.78 is 0. The van der Waals surface area contributed by atoms with E-state index in [0.717, 1.165) is 5.56 Å². The molecule has 0 unspecified atom stereocenters. The van der Waals surface area contributed by atoms with Crippen molar-refractivity contribution < 1.29 is 19.2 Å². The number of Topliss-reactive ketones (excluding diaryl/α,β-unsaturated/α-hetero) is 3. The Labute approximate surface area is 156 Å². The molecule has 1 N–H and O–H groups in total. The van der Waals surface area contributed by atoms with Crippen LogP contribution in [0, 0.1) is 5.92 Å². The van der Waals surface area contributed by atoms with Gasteiger partial charge >= 0.3 is 0 Å². The van der Waals surface area contributed by atoms with Gasteiger partial charge in [0.1, 0.15) is 17.3 Å². The zero-order chi connectivity index (χ0) is 19.6. The number of nitrogens with zero attached hydrogens (tertiary/aromatic N) is 3. The summed E-state index contributed by atoms with van der Waals surface area (Å²) in [5.74, 6) is -1.05. The summed E-state index contributed by atoms with van der Waals surface area (Å²) in [4.78, 5) is 49.8. The van der Waals surface area contributed by atoms with Crippen molar-refractivity contribution in [2.45, 2.75) is 38.5 Å². The van der Waals surface area contributed by atoms with Gasteiger partial charge in [0.25, 0.3) is 5.91 Å². The van der Waals surface area contributed by atoms with Crippen molar-refractivity contribution in [3.05, 3.63) is 45.8 Å². The van der Waals surface area contributed by atoms with E-state index in [0.29, 0.717) is 31.5 Å². The fourth-order valence-electron chi connectivity index (χ4n) is 3.01. The van der Waals surface area contributed by atoms with Crippen molar-refractivity contribution in [1.82, 2.24) is 5.32 Å². The van der Waals surface area contributed by atoms with E-state index in [1.807, 2.05) is 0 Å². The summed E-state index contributed by atoms with van der Waals surface area (Å²) in [6, 6.07) is 6.96. The molecular formula is C19H22N4O4. The molecule has 1 aromatic rings. The summed E-state index contributed by atoms with van der Waals surface area (Å²) in [5, 5.41) is 6.13. The smallest absolute Gasteiger partial charge is 0.251 e. The first-order valence-electron chi connectivity index (χ1n) is 8.93. The van der Waals surface area contributed by atoms with E-state index in [-0.39, 0.29) is 48.9 Å². The summed E-state index contributed by atoms with van der Waals surface area (Å²) in [6.07, 6.45) is 1.65. The fraction of sp³-hybridized carbons (Fsp3) is 0.474. The normalized spacial score (nSPS) is 14.5. The van der Waals surface area contributed by atoms with Gasteiger partial charge in [-0.2, -0.15) is 0 Å². The van der Waals surface area contributed by atoms with Crippen LogP contribution >= 0.6 is 0 Å². The topological polar surface area (TPSA) is 129 Å². The molecule has 0 bridgehead atoms. The van der Waals surface area contributed by atoms with Crippen molar-refractivity contribution in [3.8, 4) is 0 Å². The molecule has 0 heterocycles. The van der Waals surface area contributed by atoms with Gasteiger partial charge in [0.05, 0.1) is 6.42 Å². The van der Waals surface area contributed by atoms with Gasteiger partial charge in [0.15, 0.2) is 0 Å². The molecule has 1 saturated carbocycles. The number of rotatable bonds is 9. The van der Waals surface area contributed by atoms with Gasteiger partial charge in [-0.05, 0) is 36.1 Å². The van der Waals surface area contributed by atoms with E-state index >= 15 is 0 Å². The van der Waals surface area contributed by atoms with Gasteiger partial charge in [-0.15, -0.1) is 0 Å². The van der Waals surface area contributed by atoms with Crippen LogP contribution in [0.4, 0.5) is 0 Å². The van der Waals surface area contributed by atoms with Crippen LogP contribution in [0.25, 0.3) is 10.4 Å². The third-order valence-electron chi connectivity index (χ3n) is 4.46. The molecule has 1 aromatic carbocycles. The number of aryl methyl sites for hydroxylation is 1. The third kappa shape index (κ3) is 6.67. The minimum atomic E-state index is -0.478. The molecule has 8 nitrogen and oxygen atoms in total. The largest absolute Gasteiger partial charge is 0.352 e. The average molecular weight is 370 g/mol. The van der Waals surface area contributed by atoms with Crippen LogP contribution in [-0.4, -0.2) is 36.3 Å². The zero-order valence-corrected chi connectivity index (χ0v) is 15.0. The standard InChI is InChI=1S/C19H22N4O4/c20-23-22-9-1-8-21-19(27)14-5-2-13(3-6-14)4-7-18(26)15-10-16(24)12-17(25)11-15/h2-3,5-6,15H,1,4,7-12H2,(H,21,27). The van der Waals surface area contributed by atoms with Crippen molar-refractivity contribution >= 4 is 23.3 Å². The second-order valence-corrected chi connectivity index (χ2v) is 6.59. The molecule has 1 aliphatic carbocycles. The molecule has 8 heteroatoms. The molecule has 0 spiro atoms. The molecule has 1 aliphatic rings. The van der Waals surface area contributed by atoms with E-state index in [1.165, 1.54) is 0 Å². The van der Waals surface area contributed by atoms with Crippen LogP contribution in [0.1, 0.15) is 48.0 Å². The Morgan fingerprint density at radius 3 is 2.44 bits per heavy atom. The highest BCUT2D eigenvalue weighted by molar-refractivity contribution is 6.05. The molecule has 1 fully saturated rings. The summed E-state index contributed by atoms with van der Waals surface area (Å²) in [5.41, 5.74) is 9.60. The molecule has 0 atom stereocenters. The van der Waals surface area contributed by atoms with E-state index in [9.17, 15) is 19.2 Å². The first-order valence-corrected chi connectivity index (χ1v) is 8.93. The number of carbonyl (C=O) groups excluding carboxylic acids is 4. The number of hydrogen-bond donors (Lipinski definition) is 1. The van der Waals surface area contributed by atoms with E-state index in [2.05, 4.69) is 15.3 Å². The second kappa shape index (κ2) is 10.2. The predicted molar refractivity (Wildman–Crippen MR) is 98.1 cm³/mol. The number of carbonyl (C=O) groups is 4. The Morgan fingerprint density at radius 1 is 1.15 bits per heavy atom. The fourth-order valence-corrected chi connectivity index (χ4v) is 3.01. The number of hydrogen-bond acceptors (Lipinski definition) is 5. The number of ketones is 3. The number of benzene rings is 1. The highest BCUT2D eigenvalue weighted by atomic mass is 16.2. The van der Waals surface area contributed by atoms with Gasteiger partial charge in [-0.1, -0.05) is 17.2 Å². The van der Waals surface area contributed by atoms with Crippen LogP contribution in [0.3, 0.4) is 0 Å². The van der Waals surface area contributed by atoms with Crippen molar-refractivity contribution in [2.75, 3.05) is 13.1 Å².